The number of nitrogens with one attached hydrogen (secondary N) is 2. The molecule has 6 heteroatoms. The first-order valence-corrected chi connectivity index (χ1v) is 6.78. The molecule has 5 nitrogen and oxygen atoms in total. The molecule has 1 aromatic heterocycles. The minimum Gasteiger partial charge on any atom is -0.354 e. The van der Waals surface area contributed by atoms with Crippen LogP contribution in [-0.4, -0.2) is 29.3 Å². The summed E-state index contributed by atoms with van der Waals surface area (Å²) in [5.74, 6) is -0.385. The third-order valence-electron chi connectivity index (χ3n) is 3.21. The molecule has 0 radical (unpaired) electrons. The van der Waals surface area contributed by atoms with Gasteiger partial charge in [0.25, 0.3) is 0 Å². The summed E-state index contributed by atoms with van der Waals surface area (Å²) in [5, 5.41) is 9.87. The molecule has 0 aliphatic heterocycles. The molecule has 1 atom stereocenters. The number of carbonyl (C=O) groups excluding carboxylic acids is 1. The highest BCUT2D eigenvalue weighted by atomic mass is 19.1. The molecule has 2 aromatic rings. The van der Waals surface area contributed by atoms with Crippen molar-refractivity contribution >= 4 is 5.91 Å². The Morgan fingerprint density at radius 2 is 2.29 bits per heavy atom. The molecule has 0 spiro atoms. The van der Waals surface area contributed by atoms with Crippen LogP contribution >= 0.6 is 0 Å². The quantitative estimate of drug-likeness (QED) is 0.840. The van der Waals surface area contributed by atoms with Crippen LogP contribution in [0.4, 0.5) is 4.39 Å². The molecule has 0 aliphatic rings. The van der Waals surface area contributed by atoms with Gasteiger partial charge in [0.15, 0.2) is 0 Å². The number of hydrogen-bond acceptors (Lipinski definition) is 3. The molecule has 1 unspecified atom stereocenters. The molecule has 112 valence electrons. The molecule has 2 N–H and O–H groups in total. The fourth-order valence-corrected chi connectivity index (χ4v) is 2.16. The number of amides is 1. The normalized spacial score (nSPS) is 12.1. The zero-order valence-corrected chi connectivity index (χ0v) is 12.1. The molecule has 21 heavy (non-hydrogen) atoms. The first-order valence-electron chi connectivity index (χ1n) is 6.78. The fourth-order valence-electron chi connectivity index (χ4n) is 2.16. The molecule has 0 fully saturated rings. The number of benzene rings is 1. The summed E-state index contributed by atoms with van der Waals surface area (Å²) in [6.07, 6.45) is 4.05. The van der Waals surface area contributed by atoms with Crippen molar-refractivity contribution in [2.24, 2.45) is 7.05 Å². The molecule has 1 amide bonds. The largest absolute Gasteiger partial charge is 0.354 e. The Morgan fingerprint density at radius 1 is 1.48 bits per heavy atom. The Morgan fingerprint density at radius 3 is 2.90 bits per heavy atom. The highest BCUT2D eigenvalue weighted by molar-refractivity contribution is 5.83. The number of aromatic nitrogens is 2. The van der Waals surface area contributed by atoms with E-state index in [1.807, 2.05) is 6.07 Å². The Kier molecular flexibility index (Phi) is 5.05. The summed E-state index contributed by atoms with van der Waals surface area (Å²) in [6, 6.07) is 5.95. The number of carbonyl (C=O) groups is 1. The number of likely N-dealkylation sites (N-methyl/N-ethyl adjacent to an activating group) is 1. The Bertz CT molecular complexity index is 611. The first kappa shape index (κ1) is 15.2. The van der Waals surface area contributed by atoms with Crippen molar-refractivity contribution in [3.05, 3.63) is 53.6 Å². The topological polar surface area (TPSA) is 59.0 Å². The Balaban J connectivity index is 1.88. The predicted molar refractivity (Wildman–Crippen MR) is 78.1 cm³/mol. The number of halogens is 1. The highest BCUT2D eigenvalue weighted by Crippen LogP contribution is 2.11. The minimum atomic E-state index is -0.439. The SMILES string of the molecule is CNC(C(=O)NCCc1cccc(F)c1)c1cnn(C)c1. The van der Waals surface area contributed by atoms with Crippen LogP contribution in [0.25, 0.3) is 0 Å². The van der Waals surface area contributed by atoms with Crippen LogP contribution in [-0.2, 0) is 18.3 Å². The van der Waals surface area contributed by atoms with E-state index in [-0.39, 0.29) is 11.7 Å². The zero-order chi connectivity index (χ0) is 15.2. The van der Waals surface area contributed by atoms with Crippen molar-refractivity contribution in [3.8, 4) is 0 Å². The van der Waals surface area contributed by atoms with Gasteiger partial charge in [0.2, 0.25) is 5.91 Å². The van der Waals surface area contributed by atoms with Gasteiger partial charge in [0.05, 0.1) is 6.20 Å². The van der Waals surface area contributed by atoms with Crippen LogP contribution in [0.3, 0.4) is 0 Å². The lowest BCUT2D eigenvalue weighted by molar-refractivity contribution is -0.123. The van der Waals surface area contributed by atoms with E-state index in [4.69, 9.17) is 0 Å². The van der Waals surface area contributed by atoms with Gasteiger partial charge >= 0.3 is 0 Å². The number of aryl methyl sites for hydroxylation is 1. The molecule has 0 bridgehead atoms. The van der Waals surface area contributed by atoms with Crippen molar-refractivity contribution in [1.29, 1.82) is 0 Å². The molecule has 0 aliphatic carbocycles. The molecule has 0 saturated carbocycles. The third-order valence-corrected chi connectivity index (χ3v) is 3.21. The number of nitrogens with zero attached hydrogens (tertiary/aromatic N) is 2. The summed E-state index contributed by atoms with van der Waals surface area (Å²) >= 11 is 0. The van der Waals surface area contributed by atoms with Gasteiger partial charge in [0.1, 0.15) is 11.9 Å². The summed E-state index contributed by atoms with van der Waals surface area (Å²) in [7, 11) is 3.53. The van der Waals surface area contributed by atoms with E-state index >= 15 is 0 Å². The van der Waals surface area contributed by atoms with Crippen LogP contribution in [0.1, 0.15) is 17.2 Å². The maximum absolute atomic E-state index is 13.1. The lowest BCUT2D eigenvalue weighted by Crippen LogP contribution is -2.36. The van der Waals surface area contributed by atoms with Gasteiger partial charge in [-0.05, 0) is 31.2 Å². The minimum absolute atomic E-state index is 0.123. The number of rotatable bonds is 6. The lowest BCUT2D eigenvalue weighted by atomic mass is 10.1. The molecular formula is C15H19FN4O. The second-order valence-electron chi connectivity index (χ2n) is 4.84. The van der Waals surface area contributed by atoms with E-state index in [9.17, 15) is 9.18 Å². The second-order valence-corrected chi connectivity index (χ2v) is 4.84. The van der Waals surface area contributed by atoms with E-state index < -0.39 is 6.04 Å². The fraction of sp³-hybridized carbons (Fsp3) is 0.333. The van der Waals surface area contributed by atoms with Crippen LogP contribution in [0.15, 0.2) is 36.7 Å². The summed E-state index contributed by atoms with van der Waals surface area (Å²) in [6.45, 7) is 0.459. The van der Waals surface area contributed by atoms with Crippen LogP contribution < -0.4 is 10.6 Å². The van der Waals surface area contributed by atoms with Gasteiger partial charge in [-0.3, -0.25) is 9.48 Å². The van der Waals surface area contributed by atoms with E-state index in [0.717, 1.165) is 11.1 Å². The van der Waals surface area contributed by atoms with E-state index in [1.54, 1.807) is 37.2 Å². The van der Waals surface area contributed by atoms with Crippen LogP contribution in [0.5, 0.6) is 0 Å². The van der Waals surface area contributed by atoms with Crippen LogP contribution in [0.2, 0.25) is 0 Å². The van der Waals surface area contributed by atoms with Gasteiger partial charge in [-0.25, -0.2) is 4.39 Å². The summed E-state index contributed by atoms with van der Waals surface area (Å²) in [5.41, 5.74) is 1.67. The van der Waals surface area contributed by atoms with Gasteiger partial charge in [-0.2, -0.15) is 5.10 Å². The molecule has 1 aromatic carbocycles. The highest BCUT2D eigenvalue weighted by Gasteiger charge is 2.19. The summed E-state index contributed by atoms with van der Waals surface area (Å²) < 4.78 is 14.7. The van der Waals surface area contributed by atoms with Crippen molar-refractivity contribution in [2.45, 2.75) is 12.5 Å². The van der Waals surface area contributed by atoms with E-state index in [0.29, 0.717) is 13.0 Å². The number of hydrogen-bond donors (Lipinski definition) is 2. The maximum Gasteiger partial charge on any atom is 0.241 e. The van der Waals surface area contributed by atoms with Crippen molar-refractivity contribution in [3.63, 3.8) is 0 Å². The average Bonchev–Trinajstić information content (AvgIpc) is 2.86. The van der Waals surface area contributed by atoms with E-state index in [2.05, 4.69) is 15.7 Å². The zero-order valence-electron chi connectivity index (χ0n) is 12.1. The maximum atomic E-state index is 13.1. The van der Waals surface area contributed by atoms with Crippen molar-refractivity contribution in [1.82, 2.24) is 20.4 Å². The van der Waals surface area contributed by atoms with Crippen molar-refractivity contribution in [2.75, 3.05) is 13.6 Å². The average molecular weight is 290 g/mol. The molecule has 0 saturated heterocycles. The standard InChI is InChI=1S/C15H19FN4O/c1-17-14(12-9-19-20(2)10-12)15(21)18-7-6-11-4-3-5-13(16)8-11/h3-5,8-10,14,17H,6-7H2,1-2H3,(H,18,21). The third kappa shape index (κ3) is 4.13. The summed E-state index contributed by atoms with van der Waals surface area (Å²) in [4.78, 5) is 12.2. The molecule has 2 rings (SSSR count). The smallest absolute Gasteiger partial charge is 0.241 e. The Hall–Kier alpha value is -2.21. The first-order chi connectivity index (χ1) is 10.1. The lowest BCUT2D eigenvalue weighted by Gasteiger charge is -2.14. The monoisotopic (exact) mass is 290 g/mol. The van der Waals surface area contributed by atoms with Crippen molar-refractivity contribution < 1.29 is 9.18 Å². The van der Waals surface area contributed by atoms with Gasteiger partial charge in [0, 0.05) is 25.4 Å². The predicted octanol–water partition coefficient (Wildman–Crippen LogP) is 1.18. The van der Waals surface area contributed by atoms with Gasteiger partial charge in [-0.1, -0.05) is 12.1 Å². The van der Waals surface area contributed by atoms with Gasteiger partial charge in [-0.15, -0.1) is 0 Å². The van der Waals surface area contributed by atoms with Gasteiger partial charge < -0.3 is 10.6 Å². The van der Waals surface area contributed by atoms with Crippen LogP contribution in [0, 0.1) is 5.82 Å². The molecule has 1 heterocycles. The Labute approximate surface area is 123 Å². The molecular weight excluding hydrogens is 271 g/mol. The second kappa shape index (κ2) is 6.99. The van der Waals surface area contributed by atoms with E-state index in [1.165, 1.54) is 12.1 Å².